The van der Waals surface area contributed by atoms with Crippen LogP contribution in [-0.4, -0.2) is 22.6 Å². The van der Waals surface area contributed by atoms with Gasteiger partial charge < -0.3 is 0 Å². The number of hydrogen-bond acceptors (Lipinski definition) is 3. The van der Waals surface area contributed by atoms with E-state index in [1.807, 2.05) is 0 Å². The average Bonchev–Trinajstić information content (AvgIpc) is 2.54. The van der Waals surface area contributed by atoms with Crippen LogP contribution in [0.4, 0.5) is 9.18 Å². The molecule has 2 amide bonds. The molecule has 0 aliphatic carbocycles. The summed E-state index contributed by atoms with van der Waals surface area (Å²) in [5.74, 6) is -0.680. The zero-order valence-corrected chi connectivity index (χ0v) is 9.96. The lowest BCUT2D eigenvalue weighted by Gasteiger charge is -2.06. The maximum absolute atomic E-state index is 13.0. The number of halogens is 1. The number of nitrogens with zero attached hydrogens (tertiary/aromatic N) is 1. The van der Waals surface area contributed by atoms with E-state index in [9.17, 15) is 14.0 Å². The van der Waals surface area contributed by atoms with Crippen molar-refractivity contribution in [3.8, 4) is 0 Å². The van der Waals surface area contributed by atoms with Crippen molar-refractivity contribution < 1.29 is 14.0 Å². The first kappa shape index (κ1) is 11.9. The van der Waals surface area contributed by atoms with E-state index >= 15 is 0 Å². The lowest BCUT2D eigenvalue weighted by Crippen LogP contribution is -2.27. The van der Waals surface area contributed by atoms with Crippen LogP contribution in [0.5, 0.6) is 0 Å². The molecule has 1 aliphatic heterocycles. The highest BCUT2D eigenvalue weighted by atomic mass is 32.2. The Morgan fingerprint density at radius 1 is 1.41 bits per heavy atom. The van der Waals surface area contributed by atoms with Crippen molar-refractivity contribution in [1.29, 1.82) is 0 Å². The molecule has 0 aromatic heterocycles. The van der Waals surface area contributed by atoms with Gasteiger partial charge in [0.1, 0.15) is 5.82 Å². The molecule has 0 radical (unpaired) electrons. The zero-order chi connectivity index (χ0) is 12.4. The summed E-state index contributed by atoms with van der Waals surface area (Å²) in [4.78, 5) is 24.7. The van der Waals surface area contributed by atoms with Gasteiger partial charge in [-0.3, -0.25) is 14.5 Å². The number of carbonyl (C=O) groups excluding carboxylic acids is 2. The molecule has 0 N–H and O–H groups in total. The van der Waals surface area contributed by atoms with Gasteiger partial charge >= 0.3 is 0 Å². The fourth-order valence-electron chi connectivity index (χ4n) is 1.52. The third kappa shape index (κ3) is 2.39. The Morgan fingerprint density at radius 2 is 2.18 bits per heavy atom. The minimum absolute atomic E-state index is 0.278. The first-order valence-electron chi connectivity index (χ1n) is 5.12. The predicted molar refractivity (Wildman–Crippen MR) is 64.8 cm³/mol. The van der Waals surface area contributed by atoms with Gasteiger partial charge in [0.15, 0.2) is 0 Å². The standard InChI is InChI=1S/C12H10FNO2S/c1-2-14-11(15)10(17-12(14)16)7-8-4-3-5-9(13)6-8/h3-7H,2H2,1H3/b10-7-. The summed E-state index contributed by atoms with van der Waals surface area (Å²) >= 11 is 0.883. The molecule has 1 aliphatic rings. The summed E-state index contributed by atoms with van der Waals surface area (Å²) in [6.45, 7) is 2.09. The summed E-state index contributed by atoms with van der Waals surface area (Å²) in [7, 11) is 0. The highest BCUT2D eigenvalue weighted by molar-refractivity contribution is 8.18. The molecular formula is C12H10FNO2S. The van der Waals surface area contributed by atoms with E-state index < -0.39 is 0 Å². The number of imide groups is 1. The molecule has 0 atom stereocenters. The van der Waals surface area contributed by atoms with Crippen LogP contribution >= 0.6 is 11.8 Å². The molecular weight excluding hydrogens is 241 g/mol. The molecule has 0 saturated carbocycles. The van der Waals surface area contributed by atoms with Gasteiger partial charge in [-0.1, -0.05) is 12.1 Å². The summed E-state index contributed by atoms with van der Waals surface area (Å²) in [6, 6.07) is 5.89. The Hall–Kier alpha value is -1.62. The Labute approximate surface area is 102 Å². The predicted octanol–water partition coefficient (Wildman–Crippen LogP) is 2.88. The Balaban J connectivity index is 2.30. The normalized spacial score (nSPS) is 18.2. The minimum atomic E-state index is -0.367. The second-order valence-corrected chi connectivity index (χ2v) is 4.47. The molecule has 0 spiro atoms. The van der Waals surface area contributed by atoms with Crippen LogP contribution in [0.3, 0.4) is 0 Å². The van der Waals surface area contributed by atoms with Crippen LogP contribution in [0.2, 0.25) is 0 Å². The Morgan fingerprint density at radius 3 is 2.76 bits per heavy atom. The van der Waals surface area contributed by atoms with E-state index in [2.05, 4.69) is 0 Å². The fraction of sp³-hybridized carbons (Fsp3) is 0.167. The first-order valence-corrected chi connectivity index (χ1v) is 5.94. The molecule has 1 saturated heterocycles. The molecule has 0 unspecified atom stereocenters. The summed E-state index contributed by atoms with van der Waals surface area (Å²) in [5.41, 5.74) is 0.576. The van der Waals surface area contributed by atoms with Gasteiger partial charge in [0.25, 0.3) is 11.1 Å². The smallest absolute Gasteiger partial charge is 0.269 e. The van der Waals surface area contributed by atoms with E-state index in [0.717, 1.165) is 16.7 Å². The lowest BCUT2D eigenvalue weighted by molar-refractivity contribution is -0.122. The van der Waals surface area contributed by atoms with Gasteiger partial charge in [0.2, 0.25) is 0 Å². The maximum Gasteiger partial charge on any atom is 0.293 e. The van der Waals surface area contributed by atoms with E-state index in [-0.39, 0.29) is 17.0 Å². The molecule has 3 nitrogen and oxygen atoms in total. The third-order valence-electron chi connectivity index (χ3n) is 2.34. The summed E-state index contributed by atoms with van der Waals surface area (Å²) in [5, 5.41) is -0.278. The summed E-state index contributed by atoms with van der Waals surface area (Å²) < 4.78 is 13.0. The van der Waals surface area contributed by atoms with Gasteiger partial charge in [-0.25, -0.2) is 4.39 Å². The number of thioether (sulfide) groups is 1. The van der Waals surface area contributed by atoms with E-state index in [4.69, 9.17) is 0 Å². The molecule has 5 heteroatoms. The van der Waals surface area contributed by atoms with Crippen molar-refractivity contribution in [1.82, 2.24) is 4.90 Å². The molecule has 1 aromatic rings. The van der Waals surface area contributed by atoms with Crippen molar-refractivity contribution >= 4 is 29.0 Å². The van der Waals surface area contributed by atoms with Gasteiger partial charge in [0.05, 0.1) is 4.91 Å². The SMILES string of the molecule is CCN1C(=O)S/C(=C\c2cccc(F)c2)C1=O. The molecule has 2 rings (SSSR count). The second kappa shape index (κ2) is 4.71. The van der Waals surface area contributed by atoms with Crippen LogP contribution in [0.1, 0.15) is 12.5 Å². The molecule has 1 fully saturated rings. The largest absolute Gasteiger partial charge is 0.293 e. The van der Waals surface area contributed by atoms with E-state index in [1.54, 1.807) is 19.1 Å². The van der Waals surface area contributed by atoms with Crippen LogP contribution in [-0.2, 0) is 4.79 Å². The Kier molecular flexibility index (Phi) is 3.28. The van der Waals surface area contributed by atoms with E-state index in [1.165, 1.54) is 18.2 Å². The fourth-order valence-corrected chi connectivity index (χ4v) is 2.42. The van der Waals surface area contributed by atoms with Gasteiger partial charge in [0, 0.05) is 6.54 Å². The van der Waals surface area contributed by atoms with Crippen molar-refractivity contribution in [2.24, 2.45) is 0 Å². The van der Waals surface area contributed by atoms with Crippen molar-refractivity contribution in [3.05, 3.63) is 40.6 Å². The van der Waals surface area contributed by atoms with Crippen molar-refractivity contribution in [3.63, 3.8) is 0 Å². The molecule has 0 bridgehead atoms. The Bertz CT molecular complexity index is 513. The monoisotopic (exact) mass is 251 g/mol. The molecule has 17 heavy (non-hydrogen) atoms. The van der Waals surface area contributed by atoms with Crippen LogP contribution in [0.25, 0.3) is 6.08 Å². The molecule has 88 valence electrons. The highest BCUT2D eigenvalue weighted by Gasteiger charge is 2.33. The molecule has 1 aromatic carbocycles. The number of likely N-dealkylation sites (N-methyl/N-ethyl adjacent to an activating group) is 1. The van der Waals surface area contributed by atoms with Gasteiger partial charge in [-0.2, -0.15) is 0 Å². The number of carbonyl (C=O) groups is 2. The van der Waals surface area contributed by atoms with E-state index in [0.29, 0.717) is 17.0 Å². The number of rotatable bonds is 2. The van der Waals surface area contributed by atoms with Crippen LogP contribution in [0, 0.1) is 5.82 Å². The maximum atomic E-state index is 13.0. The van der Waals surface area contributed by atoms with Crippen LogP contribution < -0.4 is 0 Å². The van der Waals surface area contributed by atoms with Crippen molar-refractivity contribution in [2.45, 2.75) is 6.92 Å². The molecule has 1 heterocycles. The number of amides is 2. The lowest BCUT2D eigenvalue weighted by atomic mass is 10.2. The van der Waals surface area contributed by atoms with Crippen molar-refractivity contribution in [2.75, 3.05) is 6.54 Å². The quantitative estimate of drug-likeness (QED) is 0.758. The topological polar surface area (TPSA) is 37.4 Å². The minimum Gasteiger partial charge on any atom is -0.269 e. The average molecular weight is 251 g/mol. The number of benzene rings is 1. The van der Waals surface area contributed by atoms with Gasteiger partial charge in [-0.15, -0.1) is 0 Å². The van der Waals surface area contributed by atoms with Crippen LogP contribution in [0.15, 0.2) is 29.2 Å². The zero-order valence-electron chi connectivity index (χ0n) is 9.14. The highest BCUT2D eigenvalue weighted by Crippen LogP contribution is 2.31. The summed E-state index contributed by atoms with van der Waals surface area (Å²) in [6.07, 6.45) is 1.53. The second-order valence-electron chi connectivity index (χ2n) is 3.48. The van der Waals surface area contributed by atoms with Gasteiger partial charge in [-0.05, 0) is 42.5 Å². The first-order chi connectivity index (χ1) is 8.11. The third-order valence-corrected chi connectivity index (χ3v) is 3.24. The number of hydrogen-bond donors (Lipinski definition) is 0.